The third-order valence-corrected chi connectivity index (χ3v) is 4.19. The molecule has 1 aromatic carbocycles. The maximum atomic E-state index is 12.1. The number of carbonyl (C=O) groups excluding carboxylic acids is 1. The summed E-state index contributed by atoms with van der Waals surface area (Å²) in [6, 6.07) is 11.3. The lowest BCUT2D eigenvalue weighted by Gasteiger charge is -2.12. The molecule has 1 heterocycles. The zero-order chi connectivity index (χ0) is 15.4. The molecular formula is C16H17BrN4O. The number of nitrogens with one attached hydrogen (secondary N) is 2. The predicted octanol–water partition coefficient (Wildman–Crippen LogP) is 3.85. The first-order valence-electron chi connectivity index (χ1n) is 7.38. The van der Waals surface area contributed by atoms with Crippen LogP contribution in [0.5, 0.6) is 0 Å². The Labute approximate surface area is 137 Å². The molecule has 2 N–H and O–H groups in total. The summed E-state index contributed by atoms with van der Waals surface area (Å²) in [5, 5.41) is 14.3. The van der Waals surface area contributed by atoms with Crippen LogP contribution < -0.4 is 10.6 Å². The summed E-state index contributed by atoms with van der Waals surface area (Å²) in [4.78, 5) is 12.1. The first-order valence-corrected chi connectivity index (χ1v) is 8.17. The zero-order valence-corrected chi connectivity index (χ0v) is 13.6. The molecule has 0 atom stereocenters. The van der Waals surface area contributed by atoms with Gasteiger partial charge in [-0.05, 0) is 43.2 Å². The van der Waals surface area contributed by atoms with Gasteiger partial charge in [-0.1, -0.05) is 34.8 Å². The van der Waals surface area contributed by atoms with E-state index in [1.165, 1.54) is 25.7 Å². The number of carbonyl (C=O) groups is 1. The maximum Gasteiger partial charge on any atom is 0.256 e. The predicted molar refractivity (Wildman–Crippen MR) is 90.0 cm³/mol. The summed E-state index contributed by atoms with van der Waals surface area (Å²) in [6.45, 7) is 0. The van der Waals surface area contributed by atoms with Crippen molar-refractivity contribution in [1.29, 1.82) is 0 Å². The number of hydrogen-bond donors (Lipinski definition) is 2. The second kappa shape index (κ2) is 6.87. The van der Waals surface area contributed by atoms with Gasteiger partial charge in [0.15, 0.2) is 5.82 Å². The van der Waals surface area contributed by atoms with Crippen LogP contribution in [0.2, 0.25) is 0 Å². The van der Waals surface area contributed by atoms with Crippen molar-refractivity contribution in [2.24, 2.45) is 0 Å². The molecule has 1 aliphatic rings. The van der Waals surface area contributed by atoms with E-state index in [4.69, 9.17) is 0 Å². The molecule has 1 amide bonds. The number of anilines is 2. The Morgan fingerprint density at radius 2 is 1.82 bits per heavy atom. The van der Waals surface area contributed by atoms with Crippen LogP contribution in [-0.4, -0.2) is 22.1 Å². The molecule has 1 fully saturated rings. The van der Waals surface area contributed by atoms with Crippen LogP contribution in [0, 0.1) is 0 Å². The van der Waals surface area contributed by atoms with Gasteiger partial charge in [0.25, 0.3) is 5.91 Å². The quantitative estimate of drug-likeness (QED) is 0.868. The van der Waals surface area contributed by atoms with Crippen LogP contribution in [0.3, 0.4) is 0 Å². The van der Waals surface area contributed by atoms with Crippen LogP contribution in [0.1, 0.15) is 36.0 Å². The molecular weight excluding hydrogens is 344 g/mol. The lowest BCUT2D eigenvalue weighted by molar-refractivity contribution is 0.102. The molecule has 1 aliphatic carbocycles. The van der Waals surface area contributed by atoms with E-state index in [0.717, 1.165) is 10.3 Å². The van der Waals surface area contributed by atoms with Gasteiger partial charge in [-0.2, -0.15) is 0 Å². The van der Waals surface area contributed by atoms with Crippen molar-refractivity contribution < 1.29 is 4.79 Å². The molecule has 2 aromatic rings. The zero-order valence-electron chi connectivity index (χ0n) is 12.1. The molecule has 6 heteroatoms. The van der Waals surface area contributed by atoms with Gasteiger partial charge in [0.1, 0.15) is 5.82 Å². The van der Waals surface area contributed by atoms with Gasteiger partial charge in [0.2, 0.25) is 0 Å². The number of halogens is 1. The molecule has 3 rings (SSSR count). The van der Waals surface area contributed by atoms with E-state index in [2.05, 4.69) is 36.8 Å². The van der Waals surface area contributed by atoms with E-state index < -0.39 is 0 Å². The van der Waals surface area contributed by atoms with E-state index in [1.54, 1.807) is 18.2 Å². The fourth-order valence-electron chi connectivity index (χ4n) is 2.57. The second-order valence-electron chi connectivity index (χ2n) is 5.39. The fraction of sp³-hybridized carbons (Fsp3) is 0.312. The Bertz CT molecular complexity index is 653. The van der Waals surface area contributed by atoms with Crippen molar-refractivity contribution in [3.05, 3.63) is 46.4 Å². The number of rotatable bonds is 4. The Hall–Kier alpha value is -1.95. The SMILES string of the molecule is O=C(Nc1ccc(NC2CCCC2)nn1)c1cccc(Br)c1. The Morgan fingerprint density at radius 1 is 1.09 bits per heavy atom. The number of hydrogen-bond acceptors (Lipinski definition) is 4. The minimum Gasteiger partial charge on any atom is -0.366 e. The van der Waals surface area contributed by atoms with E-state index in [1.807, 2.05) is 18.2 Å². The summed E-state index contributed by atoms with van der Waals surface area (Å²) in [7, 11) is 0. The van der Waals surface area contributed by atoms with Crippen molar-refractivity contribution in [3.63, 3.8) is 0 Å². The minimum absolute atomic E-state index is 0.202. The Balaban J connectivity index is 1.61. The highest BCUT2D eigenvalue weighted by Gasteiger charge is 2.15. The summed E-state index contributed by atoms with van der Waals surface area (Å²) < 4.78 is 0.863. The minimum atomic E-state index is -0.202. The van der Waals surface area contributed by atoms with Crippen LogP contribution in [0.4, 0.5) is 11.6 Å². The molecule has 22 heavy (non-hydrogen) atoms. The molecule has 0 aliphatic heterocycles. The van der Waals surface area contributed by atoms with Crippen LogP contribution in [0.15, 0.2) is 40.9 Å². The van der Waals surface area contributed by atoms with Gasteiger partial charge in [0.05, 0.1) is 0 Å². The molecule has 5 nitrogen and oxygen atoms in total. The lowest BCUT2D eigenvalue weighted by Crippen LogP contribution is -2.17. The van der Waals surface area contributed by atoms with Gasteiger partial charge in [0, 0.05) is 16.1 Å². The molecule has 0 radical (unpaired) electrons. The smallest absolute Gasteiger partial charge is 0.256 e. The second-order valence-corrected chi connectivity index (χ2v) is 6.31. The van der Waals surface area contributed by atoms with Gasteiger partial charge in [-0.15, -0.1) is 10.2 Å². The Kier molecular flexibility index (Phi) is 4.68. The van der Waals surface area contributed by atoms with Crippen LogP contribution >= 0.6 is 15.9 Å². The highest BCUT2D eigenvalue weighted by atomic mass is 79.9. The first kappa shape index (κ1) is 15.0. The maximum absolute atomic E-state index is 12.1. The molecule has 0 bridgehead atoms. The monoisotopic (exact) mass is 360 g/mol. The highest BCUT2D eigenvalue weighted by molar-refractivity contribution is 9.10. The summed E-state index contributed by atoms with van der Waals surface area (Å²) in [5.74, 6) is 1.00. The summed E-state index contributed by atoms with van der Waals surface area (Å²) in [6.07, 6.45) is 4.91. The number of benzene rings is 1. The topological polar surface area (TPSA) is 66.9 Å². The third-order valence-electron chi connectivity index (χ3n) is 3.70. The van der Waals surface area contributed by atoms with Crippen molar-refractivity contribution >= 4 is 33.5 Å². The molecule has 1 saturated carbocycles. The fourth-order valence-corrected chi connectivity index (χ4v) is 2.97. The van der Waals surface area contributed by atoms with Crippen molar-refractivity contribution in [3.8, 4) is 0 Å². The van der Waals surface area contributed by atoms with Crippen LogP contribution in [0.25, 0.3) is 0 Å². The highest BCUT2D eigenvalue weighted by Crippen LogP contribution is 2.21. The van der Waals surface area contributed by atoms with Gasteiger partial charge in [-0.3, -0.25) is 4.79 Å². The third kappa shape index (κ3) is 3.82. The average Bonchev–Trinajstić information content (AvgIpc) is 3.02. The van der Waals surface area contributed by atoms with Gasteiger partial charge >= 0.3 is 0 Å². The molecule has 0 saturated heterocycles. The summed E-state index contributed by atoms with van der Waals surface area (Å²) in [5.41, 5.74) is 0.573. The molecule has 114 valence electrons. The Morgan fingerprint density at radius 3 is 2.50 bits per heavy atom. The number of aromatic nitrogens is 2. The summed E-state index contributed by atoms with van der Waals surface area (Å²) >= 11 is 3.35. The van der Waals surface area contributed by atoms with Gasteiger partial charge in [-0.25, -0.2) is 0 Å². The first-order chi connectivity index (χ1) is 10.7. The van der Waals surface area contributed by atoms with E-state index in [0.29, 0.717) is 17.4 Å². The van der Waals surface area contributed by atoms with Crippen molar-refractivity contribution in [2.75, 3.05) is 10.6 Å². The molecule has 0 unspecified atom stereocenters. The number of amides is 1. The lowest BCUT2D eigenvalue weighted by atomic mass is 10.2. The van der Waals surface area contributed by atoms with E-state index in [9.17, 15) is 4.79 Å². The van der Waals surface area contributed by atoms with E-state index in [-0.39, 0.29) is 5.91 Å². The largest absolute Gasteiger partial charge is 0.366 e. The average molecular weight is 361 g/mol. The standard InChI is InChI=1S/C16H17BrN4O/c17-12-5-3-4-11(10-12)16(22)19-15-9-8-14(20-21-15)18-13-6-1-2-7-13/h3-5,8-10,13H,1-2,6-7H2,(H,18,20)(H,19,21,22). The molecule has 0 spiro atoms. The van der Waals surface area contributed by atoms with Crippen molar-refractivity contribution in [1.82, 2.24) is 10.2 Å². The number of nitrogens with zero attached hydrogens (tertiary/aromatic N) is 2. The van der Waals surface area contributed by atoms with Crippen LogP contribution in [-0.2, 0) is 0 Å². The van der Waals surface area contributed by atoms with Gasteiger partial charge < -0.3 is 10.6 Å². The molecule has 1 aromatic heterocycles. The van der Waals surface area contributed by atoms with Crippen molar-refractivity contribution in [2.45, 2.75) is 31.7 Å². The van der Waals surface area contributed by atoms with E-state index >= 15 is 0 Å². The normalized spacial score (nSPS) is 14.8.